The van der Waals surface area contributed by atoms with Crippen molar-refractivity contribution in [2.45, 2.75) is 65.3 Å². The zero-order chi connectivity index (χ0) is 15.2. The number of aliphatic hydroxyl groups excluding tert-OH is 1. The smallest absolute Gasteiger partial charge is 0.110 e. The fraction of sp³-hybridized carbons (Fsp3) is 0.824. The van der Waals surface area contributed by atoms with Crippen LogP contribution in [-0.2, 0) is 12.8 Å². The van der Waals surface area contributed by atoms with Gasteiger partial charge in [-0.1, -0.05) is 13.8 Å². The summed E-state index contributed by atoms with van der Waals surface area (Å²) in [4.78, 5) is 6.36. The van der Waals surface area contributed by atoms with E-state index in [4.69, 9.17) is 4.98 Å². The second-order valence-corrected chi connectivity index (χ2v) is 7.88. The third kappa shape index (κ3) is 5.04. The summed E-state index contributed by atoms with van der Waals surface area (Å²) in [5.74, 6) is 1.25. The lowest BCUT2D eigenvalue weighted by atomic mass is 9.94. The Hall–Kier alpha value is -0.450. The molecule has 0 fully saturated rings. The van der Waals surface area contributed by atoms with Crippen molar-refractivity contribution in [1.29, 1.82) is 0 Å². The van der Waals surface area contributed by atoms with Gasteiger partial charge in [0.25, 0.3) is 0 Å². The van der Waals surface area contributed by atoms with Crippen LogP contribution in [0.2, 0.25) is 0 Å². The second kappa shape index (κ2) is 8.25. The van der Waals surface area contributed by atoms with E-state index in [1.54, 1.807) is 0 Å². The maximum atomic E-state index is 9.20. The summed E-state index contributed by atoms with van der Waals surface area (Å²) in [6, 6.07) is 0.328. The molecule has 1 aromatic heterocycles. The van der Waals surface area contributed by atoms with E-state index >= 15 is 0 Å². The fourth-order valence-electron chi connectivity index (χ4n) is 3.14. The van der Waals surface area contributed by atoms with Crippen molar-refractivity contribution >= 4 is 11.3 Å². The molecule has 1 aliphatic rings. The molecule has 2 N–H and O–H groups in total. The molecule has 21 heavy (non-hydrogen) atoms. The van der Waals surface area contributed by atoms with E-state index in [0.29, 0.717) is 24.5 Å². The van der Waals surface area contributed by atoms with E-state index in [2.05, 4.69) is 26.1 Å². The van der Waals surface area contributed by atoms with Gasteiger partial charge in [0, 0.05) is 11.5 Å². The van der Waals surface area contributed by atoms with Gasteiger partial charge in [-0.3, -0.25) is 0 Å². The molecule has 0 bridgehead atoms. The third-order valence-corrected chi connectivity index (χ3v) is 5.63. The highest BCUT2D eigenvalue weighted by atomic mass is 32.1. The molecule has 0 spiro atoms. The molecule has 2 rings (SSSR count). The van der Waals surface area contributed by atoms with E-state index in [1.165, 1.54) is 47.7 Å². The summed E-state index contributed by atoms with van der Waals surface area (Å²) in [7, 11) is 0. The van der Waals surface area contributed by atoms with Gasteiger partial charge < -0.3 is 10.4 Å². The maximum Gasteiger partial charge on any atom is 0.110 e. The van der Waals surface area contributed by atoms with Crippen molar-refractivity contribution in [2.75, 3.05) is 13.2 Å². The van der Waals surface area contributed by atoms with E-state index in [1.807, 2.05) is 11.3 Å². The molecule has 2 atom stereocenters. The standard InChI is InChI=1S/C17H30N2OS/c1-12(2)10-14(8-9-20)11-18-13(3)17-19-15-6-4-5-7-16(15)21-17/h12-14,18,20H,4-11H2,1-3H3. The van der Waals surface area contributed by atoms with Crippen LogP contribution in [0.3, 0.4) is 0 Å². The normalized spacial score (nSPS) is 17.8. The van der Waals surface area contributed by atoms with Crippen LogP contribution in [0.15, 0.2) is 0 Å². The van der Waals surface area contributed by atoms with Gasteiger partial charge in [-0.15, -0.1) is 11.3 Å². The van der Waals surface area contributed by atoms with E-state index < -0.39 is 0 Å². The Morgan fingerprint density at radius 3 is 2.67 bits per heavy atom. The number of nitrogens with zero attached hydrogens (tertiary/aromatic N) is 1. The summed E-state index contributed by atoms with van der Waals surface area (Å²) >= 11 is 1.90. The summed E-state index contributed by atoms with van der Waals surface area (Å²) in [5, 5.41) is 14.1. The number of fused-ring (bicyclic) bond motifs is 1. The molecule has 1 aliphatic carbocycles. The van der Waals surface area contributed by atoms with Crippen LogP contribution >= 0.6 is 11.3 Å². The predicted octanol–water partition coefficient (Wildman–Crippen LogP) is 3.72. The van der Waals surface area contributed by atoms with E-state index in [-0.39, 0.29) is 0 Å². The van der Waals surface area contributed by atoms with Crippen LogP contribution in [0.4, 0.5) is 0 Å². The molecular formula is C17H30N2OS. The van der Waals surface area contributed by atoms with Crippen LogP contribution < -0.4 is 5.32 Å². The molecule has 0 saturated heterocycles. The van der Waals surface area contributed by atoms with Crippen LogP contribution in [0.25, 0.3) is 0 Å². The lowest BCUT2D eigenvalue weighted by Gasteiger charge is -2.21. The van der Waals surface area contributed by atoms with Gasteiger partial charge in [-0.05, 0) is 63.8 Å². The molecule has 0 aromatic carbocycles. The zero-order valence-corrected chi connectivity index (χ0v) is 14.5. The van der Waals surface area contributed by atoms with Gasteiger partial charge in [0.2, 0.25) is 0 Å². The molecule has 1 heterocycles. The van der Waals surface area contributed by atoms with Gasteiger partial charge in [0.1, 0.15) is 5.01 Å². The van der Waals surface area contributed by atoms with Gasteiger partial charge >= 0.3 is 0 Å². The molecule has 3 nitrogen and oxygen atoms in total. The fourth-order valence-corrected chi connectivity index (χ4v) is 4.32. The van der Waals surface area contributed by atoms with Gasteiger partial charge in [0.05, 0.1) is 11.7 Å². The van der Waals surface area contributed by atoms with Crippen molar-refractivity contribution in [2.24, 2.45) is 11.8 Å². The Bertz CT molecular complexity index is 407. The second-order valence-electron chi connectivity index (χ2n) is 6.77. The average Bonchev–Trinajstić information content (AvgIpc) is 2.88. The SMILES string of the molecule is CC(C)CC(CCO)CNC(C)c1nc2c(s1)CCCC2. The summed E-state index contributed by atoms with van der Waals surface area (Å²) < 4.78 is 0. The number of hydrogen-bond donors (Lipinski definition) is 2. The topological polar surface area (TPSA) is 45.1 Å². The minimum absolute atomic E-state index is 0.291. The highest BCUT2D eigenvalue weighted by Gasteiger charge is 2.19. The molecular weight excluding hydrogens is 280 g/mol. The number of aliphatic hydroxyl groups is 1. The monoisotopic (exact) mass is 310 g/mol. The minimum Gasteiger partial charge on any atom is -0.396 e. The first kappa shape index (κ1) is 16.9. The Balaban J connectivity index is 1.87. The number of thiazole rings is 1. The minimum atomic E-state index is 0.291. The average molecular weight is 311 g/mol. The Kier molecular flexibility index (Phi) is 6.65. The largest absolute Gasteiger partial charge is 0.396 e. The van der Waals surface area contributed by atoms with E-state index in [9.17, 15) is 5.11 Å². The molecule has 2 unspecified atom stereocenters. The summed E-state index contributed by atoms with van der Waals surface area (Å²) in [5.41, 5.74) is 1.35. The molecule has 4 heteroatoms. The number of nitrogens with one attached hydrogen (secondary N) is 1. The summed E-state index contributed by atoms with van der Waals surface area (Å²) in [6.45, 7) is 7.99. The van der Waals surface area contributed by atoms with Crippen molar-refractivity contribution in [3.63, 3.8) is 0 Å². The van der Waals surface area contributed by atoms with Crippen molar-refractivity contribution < 1.29 is 5.11 Å². The number of aryl methyl sites for hydroxylation is 2. The highest BCUT2D eigenvalue weighted by molar-refractivity contribution is 7.11. The van der Waals surface area contributed by atoms with Gasteiger partial charge in [-0.25, -0.2) is 4.98 Å². The Labute approximate surface area is 133 Å². The molecule has 0 amide bonds. The zero-order valence-electron chi connectivity index (χ0n) is 13.7. The Morgan fingerprint density at radius 1 is 1.24 bits per heavy atom. The van der Waals surface area contributed by atoms with Crippen LogP contribution in [-0.4, -0.2) is 23.2 Å². The lowest BCUT2D eigenvalue weighted by molar-refractivity contribution is 0.237. The first-order valence-electron chi connectivity index (χ1n) is 8.42. The number of rotatable bonds is 8. The Morgan fingerprint density at radius 2 is 2.00 bits per heavy atom. The third-order valence-electron chi connectivity index (χ3n) is 4.29. The first-order valence-corrected chi connectivity index (χ1v) is 9.24. The maximum absolute atomic E-state index is 9.20. The number of aromatic nitrogens is 1. The molecule has 1 aromatic rings. The predicted molar refractivity (Wildman–Crippen MR) is 89.8 cm³/mol. The highest BCUT2D eigenvalue weighted by Crippen LogP contribution is 2.29. The van der Waals surface area contributed by atoms with Crippen LogP contribution in [0, 0.1) is 11.8 Å². The van der Waals surface area contributed by atoms with Crippen molar-refractivity contribution in [3.8, 4) is 0 Å². The van der Waals surface area contributed by atoms with E-state index in [0.717, 1.165) is 13.0 Å². The lowest BCUT2D eigenvalue weighted by Crippen LogP contribution is -2.27. The molecule has 0 saturated carbocycles. The van der Waals surface area contributed by atoms with Crippen LogP contribution in [0.5, 0.6) is 0 Å². The van der Waals surface area contributed by atoms with Gasteiger partial charge in [-0.2, -0.15) is 0 Å². The quantitative estimate of drug-likeness (QED) is 0.769. The molecule has 0 radical (unpaired) electrons. The molecule has 120 valence electrons. The van der Waals surface area contributed by atoms with Gasteiger partial charge in [0.15, 0.2) is 0 Å². The number of hydrogen-bond acceptors (Lipinski definition) is 4. The summed E-state index contributed by atoms with van der Waals surface area (Å²) in [6.07, 6.45) is 7.08. The van der Waals surface area contributed by atoms with Crippen molar-refractivity contribution in [3.05, 3.63) is 15.6 Å². The molecule has 0 aliphatic heterocycles. The van der Waals surface area contributed by atoms with Crippen LogP contribution in [0.1, 0.15) is 68.1 Å². The van der Waals surface area contributed by atoms with Crippen molar-refractivity contribution in [1.82, 2.24) is 10.3 Å². The first-order chi connectivity index (χ1) is 10.1.